The summed E-state index contributed by atoms with van der Waals surface area (Å²) in [5, 5.41) is 0.309. The van der Waals surface area contributed by atoms with Gasteiger partial charge in [-0.15, -0.1) is 0 Å². The Bertz CT molecular complexity index is 819. The average molecular weight is 412 g/mol. The molecule has 1 aromatic rings. The zero-order chi connectivity index (χ0) is 19.0. The first-order chi connectivity index (χ1) is 13.0. The van der Waals surface area contributed by atoms with E-state index in [4.69, 9.17) is 11.6 Å². The zero-order valence-electron chi connectivity index (χ0n) is 15.4. The maximum atomic E-state index is 13.1. The molecule has 0 N–H and O–H groups in total. The summed E-state index contributed by atoms with van der Waals surface area (Å²) in [6.45, 7) is 4.32. The maximum Gasteiger partial charge on any atom is 0.255 e. The molecule has 0 aromatic heterocycles. The molecule has 148 valence electrons. The fraction of sp³-hybridized carbons (Fsp3) is 0.632. The standard InChI is InChI=1S/C19H26ClN3O3S/c20-18-7-6-16(27(25,26)23-10-1-2-11-23)14-17(18)19(24)22-9-3-8-21(12-13-22)15-4-5-15/h6-7,14-15H,1-5,8-13H2. The lowest BCUT2D eigenvalue weighted by Crippen LogP contribution is -2.36. The van der Waals surface area contributed by atoms with Crippen molar-refractivity contribution in [1.29, 1.82) is 0 Å². The van der Waals surface area contributed by atoms with Crippen molar-refractivity contribution in [2.45, 2.75) is 43.0 Å². The molecule has 0 spiro atoms. The fourth-order valence-electron chi connectivity index (χ4n) is 4.02. The van der Waals surface area contributed by atoms with E-state index in [-0.39, 0.29) is 16.4 Å². The molecule has 0 atom stereocenters. The number of hydrogen-bond acceptors (Lipinski definition) is 4. The second-order valence-electron chi connectivity index (χ2n) is 7.67. The van der Waals surface area contributed by atoms with Crippen LogP contribution in [0.5, 0.6) is 0 Å². The summed E-state index contributed by atoms with van der Waals surface area (Å²) in [6, 6.07) is 5.19. The van der Waals surface area contributed by atoms with Crippen LogP contribution in [0.2, 0.25) is 5.02 Å². The van der Waals surface area contributed by atoms with Crippen LogP contribution in [-0.2, 0) is 10.0 Å². The summed E-state index contributed by atoms with van der Waals surface area (Å²) in [4.78, 5) is 17.5. The molecule has 8 heteroatoms. The Hall–Kier alpha value is -1.15. The summed E-state index contributed by atoms with van der Waals surface area (Å²) in [6.07, 6.45) is 5.21. The topological polar surface area (TPSA) is 60.9 Å². The number of hydrogen-bond donors (Lipinski definition) is 0. The molecule has 0 bridgehead atoms. The van der Waals surface area contributed by atoms with E-state index in [1.807, 2.05) is 4.90 Å². The van der Waals surface area contributed by atoms with Crippen molar-refractivity contribution < 1.29 is 13.2 Å². The van der Waals surface area contributed by atoms with E-state index < -0.39 is 10.0 Å². The lowest BCUT2D eigenvalue weighted by atomic mass is 10.2. The highest BCUT2D eigenvalue weighted by Crippen LogP contribution is 2.29. The van der Waals surface area contributed by atoms with Crippen LogP contribution >= 0.6 is 11.6 Å². The number of rotatable bonds is 4. The van der Waals surface area contributed by atoms with E-state index in [2.05, 4.69) is 4.90 Å². The van der Waals surface area contributed by atoms with Gasteiger partial charge in [-0.25, -0.2) is 8.42 Å². The van der Waals surface area contributed by atoms with Crippen molar-refractivity contribution in [3.8, 4) is 0 Å². The molecule has 6 nitrogen and oxygen atoms in total. The third kappa shape index (κ3) is 4.01. The maximum absolute atomic E-state index is 13.1. The van der Waals surface area contributed by atoms with Crippen LogP contribution in [0.4, 0.5) is 0 Å². The normalized spacial score (nSPS) is 22.8. The monoisotopic (exact) mass is 411 g/mol. The Morgan fingerprint density at radius 3 is 2.41 bits per heavy atom. The molecule has 27 heavy (non-hydrogen) atoms. The largest absolute Gasteiger partial charge is 0.337 e. The highest BCUT2D eigenvalue weighted by Gasteiger charge is 2.32. The van der Waals surface area contributed by atoms with Crippen LogP contribution in [0.3, 0.4) is 0 Å². The van der Waals surface area contributed by atoms with Crippen LogP contribution in [0.25, 0.3) is 0 Å². The summed E-state index contributed by atoms with van der Waals surface area (Å²) in [5.41, 5.74) is 0.289. The van der Waals surface area contributed by atoms with Crippen LogP contribution in [-0.4, -0.2) is 73.7 Å². The van der Waals surface area contributed by atoms with Crippen LogP contribution in [0, 0.1) is 0 Å². The summed E-state index contributed by atoms with van der Waals surface area (Å²) >= 11 is 6.28. The molecule has 1 saturated carbocycles. The molecular formula is C19H26ClN3O3S. The molecule has 2 heterocycles. The quantitative estimate of drug-likeness (QED) is 0.763. The van der Waals surface area contributed by atoms with Gasteiger partial charge in [0.1, 0.15) is 0 Å². The van der Waals surface area contributed by atoms with Gasteiger partial charge in [-0.2, -0.15) is 4.31 Å². The predicted octanol–water partition coefficient (Wildman–Crippen LogP) is 2.43. The first-order valence-electron chi connectivity index (χ1n) is 9.80. The van der Waals surface area contributed by atoms with Crippen LogP contribution in [0.15, 0.2) is 23.1 Å². The summed E-state index contributed by atoms with van der Waals surface area (Å²) in [5.74, 6) is -0.170. The lowest BCUT2D eigenvalue weighted by Gasteiger charge is -2.23. The fourth-order valence-corrected chi connectivity index (χ4v) is 5.76. The lowest BCUT2D eigenvalue weighted by molar-refractivity contribution is 0.0761. The van der Waals surface area contributed by atoms with Crippen LogP contribution < -0.4 is 0 Å². The molecule has 1 aliphatic carbocycles. The first-order valence-corrected chi connectivity index (χ1v) is 11.6. The molecule has 0 unspecified atom stereocenters. The molecular weight excluding hydrogens is 386 g/mol. The molecule has 3 aliphatic rings. The smallest absolute Gasteiger partial charge is 0.255 e. The number of sulfonamides is 1. The van der Waals surface area contributed by atoms with E-state index in [9.17, 15) is 13.2 Å². The average Bonchev–Trinajstić information content (AvgIpc) is 3.39. The molecule has 2 aliphatic heterocycles. The third-order valence-electron chi connectivity index (χ3n) is 5.75. The first kappa shape index (κ1) is 19.2. The van der Waals surface area contributed by atoms with E-state index >= 15 is 0 Å². The molecule has 1 amide bonds. The Balaban J connectivity index is 1.54. The van der Waals surface area contributed by atoms with Gasteiger partial charge in [0.05, 0.1) is 15.5 Å². The van der Waals surface area contributed by atoms with E-state index in [1.165, 1.54) is 35.3 Å². The van der Waals surface area contributed by atoms with Gasteiger partial charge in [0.2, 0.25) is 10.0 Å². The van der Waals surface area contributed by atoms with Gasteiger partial charge in [-0.3, -0.25) is 9.69 Å². The molecule has 1 aromatic carbocycles. The highest BCUT2D eigenvalue weighted by atomic mass is 35.5. The number of carbonyl (C=O) groups is 1. The van der Waals surface area contributed by atoms with E-state index in [0.29, 0.717) is 37.2 Å². The number of amides is 1. The Morgan fingerprint density at radius 2 is 1.70 bits per heavy atom. The van der Waals surface area contributed by atoms with Gasteiger partial charge in [0.15, 0.2) is 0 Å². The van der Waals surface area contributed by atoms with Gasteiger partial charge in [0.25, 0.3) is 5.91 Å². The minimum atomic E-state index is -3.57. The molecule has 3 fully saturated rings. The van der Waals surface area contributed by atoms with Crippen molar-refractivity contribution in [2.24, 2.45) is 0 Å². The number of nitrogens with zero attached hydrogens (tertiary/aromatic N) is 3. The predicted molar refractivity (Wildman–Crippen MR) is 105 cm³/mol. The van der Waals surface area contributed by atoms with Gasteiger partial charge < -0.3 is 4.90 Å². The molecule has 2 saturated heterocycles. The number of benzene rings is 1. The summed E-state index contributed by atoms with van der Waals surface area (Å²) in [7, 11) is -3.57. The Kier molecular flexibility index (Phi) is 5.47. The van der Waals surface area contributed by atoms with Crippen molar-refractivity contribution in [3.63, 3.8) is 0 Å². The number of carbonyl (C=O) groups excluding carboxylic acids is 1. The Morgan fingerprint density at radius 1 is 0.963 bits per heavy atom. The van der Waals surface area contributed by atoms with Gasteiger partial charge in [-0.1, -0.05) is 11.6 Å². The highest BCUT2D eigenvalue weighted by molar-refractivity contribution is 7.89. The van der Waals surface area contributed by atoms with Gasteiger partial charge in [0, 0.05) is 45.3 Å². The van der Waals surface area contributed by atoms with Gasteiger partial charge in [-0.05, 0) is 50.3 Å². The minimum Gasteiger partial charge on any atom is -0.337 e. The Labute approximate surface area is 166 Å². The van der Waals surface area contributed by atoms with Crippen molar-refractivity contribution in [3.05, 3.63) is 28.8 Å². The second-order valence-corrected chi connectivity index (χ2v) is 10.0. The summed E-state index contributed by atoms with van der Waals surface area (Å²) < 4.78 is 27.1. The SMILES string of the molecule is O=C(c1cc(S(=O)(=O)N2CCCC2)ccc1Cl)N1CCCN(C2CC2)CC1. The van der Waals surface area contributed by atoms with Crippen molar-refractivity contribution in [2.75, 3.05) is 39.3 Å². The molecule has 4 rings (SSSR count). The van der Waals surface area contributed by atoms with Gasteiger partial charge >= 0.3 is 0 Å². The van der Waals surface area contributed by atoms with Crippen molar-refractivity contribution in [1.82, 2.24) is 14.1 Å². The van der Waals surface area contributed by atoms with Crippen molar-refractivity contribution >= 4 is 27.5 Å². The molecule has 0 radical (unpaired) electrons. The van der Waals surface area contributed by atoms with E-state index in [0.717, 1.165) is 32.4 Å². The van der Waals surface area contributed by atoms with Crippen LogP contribution in [0.1, 0.15) is 42.5 Å². The van der Waals surface area contributed by atoms with E-state index in [1.54, 1.807) is 0 Å². The zero-order valence-corrected chi connectivity index (χ0v) is 17.0. The third-order valence-corrected chi connectivity index (χ3v) is 7.98. The second kappa shape index (κ2) is 7.70. The number of halogens is 1. The minimum absolute atomic E-state index is 0.159.